The number of carbonyl (C=O) groups is 1. The molecule has 2 rings (SSSR count). The van der Waals surface area contributed by atoms with Crippen molar-refractivity contribution in [3.63, 3.8) is 0 Å². The molecule has 2 N–H and O–H groups in total. The zero-order valence-electron chi connectivity index (χ0n) is 17.0. The smallest absolute Gasteiger partial charge is 0.279 e. The van der Waals surface area contributed by atoms with Gasteiger partial charge in [0.15, 0.2) is 6.54 Å². The first-order valence-electron chi connectivity index (χ1n) is 9.92. The van der Waals surface area contributed by atoms with E-state index < -0.39 is 10.0 Å². The van der Waals surface area contributed by atoms with Crippen LogP contribution in [0.4, 0.5) is 5.69 Å². The Labute approximate surface area is 164 Å². The zero-order chi connectivity index (χ0) is 20.0. The molecule has 27 heavy (non-hydrogen) atoms. The van der Waals surface area contributed by atoms with Gasteiger partial charge < -0.3 is 10.2 Å². The van der Waals surface area contributed by atoms with Gasteiger partial charge in [0.05, 0.1) is 18.0 Å². The van der Waals surface area contributed by atoms with Gasteiger partial charge in [-0.2, -0.15) is 0 Å². The van der Waals surface area contributed by atoms with Gasteiger partial charge >= 0.3 is 0 Å². The summed E-state index contributed by atoms with van der Waals surface area (Å²) in [7, 11) is -1.87. The van der Waals surface area contributed by atoms with E-state index in [4.69, 9.17) is 0 Å². The number of hydrogen-bond acceptors (Lipinski definition) is 3. The number of piperidine rings is 1. The molecule has 6 nitrogen and oxygen atoms in total. The maximum atomic E-state index is 12.5. The summed E-state index contributed by atoms with van der Waals surface area (Å²) in [6.07, 6.45) is 3.01. The number of nitrogens with one attached hydrogen (secondary N) is 2. The second kappa shape index (κ2) is 9.66. The van der Waals surface area contributed by atoms with Crippen LogP contribution in [0.25, 0.3) is 0 Å². The zero-order valence-corrected chi connectivity index (χ0v) is 17.8. The predicted octanol–water partition coefficient (Wildman–Crippen LogP) is 1.61. The first kappa shape index (κ1) is 21.9. The highest BCUT2D eigenvalue weighted by Crippen LogP contribution is 2.18. The van der Waals surface area contributed by atoms with Gasteiger partial charge in [-0.1, -0.05) is 27.2 Å². The predicted molar refractivity (Wildman–Crippen MR) is 108 cm³/mol. The molecule has 7 heteroatoms. The first-order valence-corrected chi connectivity index (χ1v) is 11.4. The highest BCUT2D eigenvalue weighted by molar-refractivity contribution is 7.89. The van der Waals surface area contributed by atoms with Crippen LogP contribution in [0.1, 0.15) is 40.0 Å². The molecule has 0 saturated carbocycles. The van der Waals surface area contributed by atoms with E-state index >= 15 is 0 Å². The quantitative estimate of drug-likeness (QED) is 0.701. The lowest BCUT2D eigenvalue weighted by atomic mass is 9.92. The lowest BCUT2D eigenvalue weighted by molar-refractivity contribution is -0.904. The van der Waals surface area contributed by atoms with E-state index in [1.54, 1.807) is 31.3 Å². The maximum absolute atomic E-state index is 12.5. The van der Waals surface area contributed by atoms with Crippen LogP contribution < -0.4 is 10.2 Å². The van der Waals surface area contributed by atoms with Gasteiger partial charge in [-0.3, -0.25) is 4.79 Å². The third-order valence-electron chi connectivity index (χ3n) is 5.16. The molecule has 0 unspecified atom stereocenters. The van der Waals surface area contributed by atoms with Gasteiger partial charge in [-0.15, -0.1) is 0 Å². The van der Waals surface area contributed by atoms with Gasteiger partial charge in [0.1, 0.15) is 0 Å². The second-order valence-corrected chi connectivity index (χ2v) is 10.1. The van der Waals surface area contributed by atoms with Crippen molar-refractivity contribution in [3.8, 4) is 0 Å². The van der Waals surface area contributed by atoms with Gasteiger partial charge in [-0.25, -0.2) is 12.7 Å². The van der Waals surface area contributed by atoms with Crippen LogP contribution in [0.15, 0.2) is 29.2 Å². The van der Waals surface area contributed by atoms with E-state index in [9.17, 15) is 13.2 Å². The molecule has 1 heterocycles. The largest absolute Gasteiger partial charge is 0.327 e. The normalized spacial score (nSPS) is 23.4. The Morgan fingerprint density at radius 2 is 1.78 bits per heavy atom. The van der Waals surface area contributed by atoms with E-state index in [1.807, 2.05) is 6.92 Å². The topological polar surface area (TPSA) is 70.9 Å². The van der Waals surface area contributed by atoms with Gasteiger partial charge in [0, 0.05) is 31.1 Å². The highest BCUT2D eigenvalue weighted by Gasteiger charge is 2.26. The first-order chi connectivity index (χ1) is 12.7. The molecule has 1 amide bonds. The maximum Gasteiger partial charge on any atom is 0.279 e. The fraction of sp³-hybridized carbons (Fsp3) is 0.650. The van der Waals surface area contributed by atoms with Crippen molar-refractivity contribution < 1.29 is 18.1 Å². The van der Waals surface area contributed by atoms with Crippen molar-refractivity contribution in [1.82, 2.24) is 4.31 Å². The number of unbranched alkanes of at least 4 members (excludes halogenated alkanes) is 1. The molecule has 1 aliphatic rings. The van der Waals surface area contributed by atoms with Crippen molar-refractivity contribution in [2.75, 3.05) is 38.5 Å². The Morgan fingerprint density at radius 1 is 1.19 bits per heavy atom. The number of benzene rings is 1. The third-order valence-corrected chi connectivity index (χ3v) is 7.03. The molecule has 152 valence electrons. The highest BCUT2D eigenvalue weighted by atomic mass is 32.2. The number of likely N-dealkylation sites (tertiary alicyclic amines) is 1. The van der Waals surface area contributed by atoms with Crippen molar-refractivity contribution in [3.05, 3.63) is 24.3 Å². The average Bonchev–Trinajstić information content (AvgIpc) is 2.59. The number of sulfonamides is 1. The molecule has 0 radical (unpaired) electrons. The molecule has 0 spiro atoms. The van der Waals surface area contributed by atoms with Crippen LogP contribution in [-0.4, -0.2) is 51.9 Å². The monoisotopic (exact) mass is 396 g/mol. The summed E-state index contributed by atoms with van der Waals surface area (Å²) in [4.78, 5) is 13.9. The molecular weight excluding hydrogens is 362 g/mol. The molecule has 1 aromatic rings. The van der Waals surface area contributed by atoms with Crippen LogP contribution >= 0.6 is 0 Å². The minimum Gasteiger partial charge on any atom is -0.327 e. The number of nitrogens with zero attached hydrogens (tertiary/aromatic N) is 1. The standard InChI is InChI=1S/C20H33N3O3S/c1-5-6-11-22(4)27(25,26)19-9-7-18(8-10-19)21-20(24)15-23-13-16(2)12-17(3)14-23/h7-10,16-17H,5-6,11-15H2,1-4H3,(H,21,24)/p+1/t16-,17-/m0/s1. The number of amides is 1. The number of hydrogen-bond donors (Lipinski definition) is 2. The molecule has 0 aromatic heterocycles. The number of anilines is 1. The summed E-state index contributed by atoms with van der Waals surface area (Å²) in [6.45, 7) is 9.53. The Kier molecular flexibility index (Phi) is 7.82. The molecular formula is C20H34N3O3S+. The Hall–Kier alpha value is -1.44. The summed E-state index contributed by atoms with van der Waals surface area (Å²) < 4.78 is 26.4. The second-order valence-electron chi connectivity index (χ2n) is 8.03. The lowest BCUT2D eigenvalue weighted by Gasteiger charge is -2.31. The summed E-state index contributed by atoms with van der Waals surface area (Å²) in [5, 5.41) is 2.89. The molecule has 2 atom stereocenters. The van der Waals surface area contributed by atoms with Gasteiger partial charge in [0.2, 0.25) is 10.0 Å². The minimum absolute atomic E-state index is 0.0260. The molecule has 0 aliphatic carbocycles. The van der Waals surface area contributed by atoms with E-state index in [0.717, 1.165) is 25.9 Å². The minimum atomic E-state index is -3.47. The Morgan fingerprint density at radius 3 is 2.33 bits per heavy atom. The molecule has 1 fully saturated rings. The van der Waals surface area contributed by atoms with Crippen LogP contribution in [0, 0.1) is 11.8 Å². The fourth-order valence-electron chi connectivity index (χ4n) is 3.89. The summed E-state index contributed by atoms with van der Waals surface area (Å²) in [6, 6.07) is 6.45. The van der Waals surface area contributed by atoms with Crippen LogP contribution in [0.5, 0.6) is 0 Å². The van der Waals surface area contributed by atoms with Crippen molar-refractivity contribution in [2.24, 2.45) is 11.8 Å². The number of rotatable bonds is 8. The summed E-state index contributed by atoms with van der Waals surface area (Å²) in [5.74, 6) is 1.26. The lowest BCUT2D eigenvalue weighted by Crippen LogP contribution is -3.15. The van der Waals surface area contributed by atoms with Crippen molar-refractivity contribution in [1.29, 1.82) is 0 Å². The molecule has 1 aliphatic heterocycles. The SMILES string of the molecule is CCCCN(C)S(=O)(=O)c1ccc(NC(=O)C[NH+]2C[C@@H](C)C[C@H](C)C2)cc1. The van der Waals surface area contributed by atoms with E-state index in [1.165, 1.54) is 15.6 Å². The van der Waals surface area contributed by atoms with E-state index in [2.05, 4.69) is 19.2 Å². The van der Waals surface area contributed by atoms with E-state index in [-0.39, 0.29) is 10.8 Å². The number of quaternary nitrogens is 1. The summed E-state index contributed by atoms with van der Waals surface area (Å²) >= 11 is 0. The van der Waals surface area contributed by atoms with E-state index in [0.29, 0.717) is 30.6 Å². The average molecular weight is 397 g/mol. The van der Waals surface area contributed by atoms with Crippen molar-refractivity contribution >= 4 is 21.6 Å². The summed E-state index contributed by atoms with van der Waals surface area (Å²) in [5.41, 5.74) is 0.632. The Bertz CT molecular complexity index is 708. The molecule has 1 aromatic carbocycles. The number of carbonyl (C=O) groups excluding carboxylic acids is 1. The molecule has 1 saturated heterocycles. The van der Waals surface area contributed by atoms with Crippen molar-refractivity contribution in [2.45, 2.75) is 44.9 Å². The fourth-order valence-corrected chi connectivity index (χ4v) is 5.10. The molecule has 0 bridgehead atoms. The van der Waals surface area contributed by atoms with Crippen LogP contribution in [-0.2, 0) is 14.8 Å². The third kappa shape index (κ3) is 6.30. The van der Waals surface area contributed by atoms with Gasteiger partial charge in [-0.05, 0) is 37.1 Å². The van der Waals surface area contributed by atoms with Crippen LogP contribution in [0.3, 0.4) is 0 Å². The Balaban J connectivity index is 1.94. The van der Waals surface area contributed by atoms with Crippen LogP contribution in [0.2, 0.25) is 0 Å². The van der Waals surface area contributed by atoms with Gasteiger partial charge in [0.25, 0.3) is 5.91 Å².